The van der Waals surface area contributed by atoms with Crippen molar-refractivity contribution in [3.8, 4) is 22.9 Å². The molecule has 7 aromatic carbocycles. The second-order valence-electron chi connectivity index (χ2n) is 16.3. The number of hydrogen-bond acceptors (Lipinski definition) is 1. The molecule has 0 fully saturated rings. The number of fused-ring (bicyclic) bond motifs is 8. The first-order valence-corrected chi connectivity index (χ1v) is 19.9. The van der Waals surface area contributed by atoms with Gasteiger partial charge in [0.2, 0.25) is 0 Å². The molecule has 0 amide bonds. The Kier molecular flexibility index (Phi) is 7.82. The third-order valence-corrected chi connectivity index (χ3v) is 12.0. The lowest BCUT2D eigenvalue weighted by atomic mass is 9.34. The van der Waals surface area contributed by atoms with Crippen LogP contribution in [0, 0.1) is 0 Å². The SMILES string of the molecule is CC(C)c1cc(C(C)C)c(B2c3ccccc3Oc3cc(-n4c5ccccc5c5cc6c7ccccc7n(-c7ccccc7)c6cc54)ccc32)c(C(C)C)c1. The standard InChI is InChI=1S/C51H45BN2O/c1-31(2)34-26-39(32(3)4)51(40(27-34)33(5)6)52-43-20-12-15-23-49(43)55-50-28-36(24-25-44(50)52)54-46-22-14-11-19-38(46)42-29-41-37-18-10-13-21-45(37)53(47(41)30-48(42)54)35-16-8-7-9-17-35/h7-33H,1-6H3. The molecule has 3 nitrogen and oxygen atoms in total. The van der Waals surface area contributed by atoms with Crippen molar-refractivity contribution < 1.29 is 4.74 Å². The highest BCUT2D eigenvalue weighted by atomic mass is 16.5. The van der Waals surface area contributed by atoms with Crippen LogP contribution >= 0.6 is 0 Å². The molecular weight excluding hydrogens is 667 g/mol. The highest BCUT2D eigenvalue weighted by Gasteiger charge is 2.37. The van der Waals surface area contributed by atoms with E-state index in [4.69, 9.17) is 4.74 Å². The maximum Gasteiger partial charge on any atom is 0.251 e. The minimum absolute atomic E-state index is 0.0596. The predicted octanol–water partition coefficient (Wildman–Crippen LogP) is 11.9. The first kappa shape index (κ1) is 33.6. The fraction of sp³-hybridized carbons (Fsp3) is 0.176. The summed E-state index contributed by atoms with van der Waals surface area (Å²) in [5.74, 6) is 3.08. The van der Waals surface area contributed by atoms with Gasteiger partial charge in [0.15, 0.2) is 0 Å². The molecule has 0 bridgehead atoms. The molecule has 0 atom stereocenters. The van der Waals surface area contributed by atoms with E-state index < -0.39 is 0 Å². The molecule has 0 saturated heterocycles. The molecule has 268 valence electrons. The van der Waals surface area contributed by atoms with E-state index in [0.29, 0.717) is 17.8 Å². The number of ether oxygens (including phenoxy) is 1. The van der Waals surface area contributed by atoms with Crippen LogP contribution in [0.3, 0.4) is 0 Å². The van der Waals surface area contributed by atoms with Gasteiger partial charge in [0.05, 0.1) is 22.1 Å². The van der Waals surface area contributed by atoms with Gasteiger partial charge in [-0.2, -0.15) is 0 Å². The summed E-state index contributed by atoms with van der Waals surface area (Å²) >= 11 is 0. The van der Waals surface area contributed by atoms with Crippen LogP contribution in [0.2, 0.25) is 0 Å². The van der Waals surface area contributed by atoms with Crippen molar-refractivity contribution in [3.05, 3.63) is 162 Å². The minimum atomic E-state index is 0.0596. The maximum atomic E-state index is 6.92. The smallest absolute Gasteiger partial charge is 0.251 e. The largest absolute Gasteiger partial charge is 0.458 e. The van der Waals surface area contributed by atoms with Crippen LogP contribution in [-0.4, -0.2) is 15.8 Å². The first-order valence-electron chi connectivity index (χ1n) is 19.9. The van der Waals surface area contributed by atoms with E-state index >= 15 is 0 Å². The highest BCUT2D eigenvalue weighted by molar-refractivity contribution is 6.97. The van der Waals surface area contributed by atoms with E-state index in [2.05, 4.69) is 196 Å². The van der Waals surface area contributed by atoms with Crippen molar-refractivity contribution >= 4 is 66.7 Å². The molecule has 3 heterocycles. The molecule has 0 aliphatic carbocycles. The summed E-state index contributed by atoms with van der Waals surface area (Å²) in [6.07, 6.45) is 0. The minimum Gasteiger partial charge on any atom is -0.458 e. The summed E-state index contributed by atoms with van der Waals surface area (Å²) < 4.78 is 11.8. The van der Waals surface area contributed by atoms with E-state index in [1.165, 1.54) is 76.7 Å². The maximum absolute atomic E-state index is 6.92. The molecule has 1 aliphatic rings. The summed E-state index contributed by atoms with van der Waals surface area (Å²) in [7, 11) is 0. The molecule has 9 aromatic rings. The third-order valence-electron chi connectivity index (χ3n) is 12.0. The van der Waals surface area contributed by atoms with Gasteiger partial charge in [-0.05, 0) is 93.9 Å². The number of aromatic nitrogens is 2. The summed E-state index contributed by atoms with van der Waals surface area (Å²) in [6.45, 7) is 14.1. The molecule has 55 heavy (non-hydrogen) atoms. The van der Waals surface area contributed by atoms with Crippen molar-refractivity contribution in [2.75, 3.05) is 0 Å². The quantitative estimate of drug-likeness (QED) is 0.157. The van der Waals surface area contributed by atoms with E-state index in [0.717, 1.165) is 22.9 Å². The molecule has 0 unspecified atom stereocenters. The van der Waals surface area contributed by atoms with Crippen LogP contribution in [-0.2, 0) is 0 Å². The second kappa shape index (κ2) is 12.8. The Morgan fingerprint density at radius 2 is 0.964 bits per heavy atom. The first-order chi connectivity index (χ1) is 26.8. The van der Waals surface area contributed by atoms with Crippen LogP contribution in [0.4, 0.5) is 0 Å². The van der Waals surface area contributed by atoms with Gasteiger partial charge < -0.3 is 13.9 Å². The van der Waals surface area contributed by atoms with Gasteiger partial charge in [-0.3, -0.25) is 0 Å². The molecule has 0 spiro atoms. The molecular formula is C51H45BN2O. The monoisotopic (exact) mass is 712 g/mol. The molecule has 0 N–H and O–H groups in total. The Hall–Kier alpha value is -6.00. The Bertz CT molecular complexity index is 2920. The van der Waals surface area contributed by atoms with E-state index in [-0.39, 0.29) is 6.71 Å². The Morgan fingerprint density at radius 3 is 1.58 bits per heavy atom. The summed E-state index contributed by atoms with van der Waals surface area (Å²) in [6, 6.07) is 53.7. The van der Waals surface area contributed by atoms with Crippen LogP contribution in [0.15, 0.2) is 146 Å². The lowest BCUT2D eigenvalue weighted by Gasteiger charge is -2.32. The molecule has 10 rings (SSSR count). The second-order valence-corrected chi connectivity index (χ2v) is 16.3. The van der Waals surface area contributed by atoms with Gasteiger partial charge >= 0.3 is 0 Å². The fourth-order valence-corrected chi connectivity index (χ4v) is 9.31. The highest BCUT2D eigenvalue weighted by Crippen LogP contribution is 2.40. The molecule has 2 aromatic heterocycles. The number of para-hydroxylation sites is 4. The van der Waals surface area contributed by atoms with Crippen LogP contribution in [0.25, 0.3) is 55.0 Å². The number of rotatable bonds is 6. The van der Waals surface area contributed by atoms with Crippen LogP contribution in [0.5, 0.6) is 11.5 Å². The zero-order valence-electron chi connectivity index (χ0n) is 32.5. The fourth-order valence-electron chi connectivity index (χ4n) is 9.31. The van der Waals surface area contributed by atoms with Gasteiger partial charge in [-0.25, -0.2) is 0 Å². The summed E-state index contributed by atoms with van der Waals surface area (Å²) in [5, 5.41) is 5.00. The van der Waals surface area contributed by atoms with E-state index in [1.54, 1.807) is 0 Å². The number of hydrogen-bond donors (Lipinski definition) is 0. The van der Waals surface area contributed by atoms with E-state index in [9.17, 15) is 0 Å². The van der Waals surface area contributed by atoms with Gasteiger partial charge in [-0.1, -0.05) is 138 Å². The number of benzene rings is 7. The normalized spacial score (nSPS) is 12.8. The molecule has 0 radical (unpaired) electrons. The van der Waals surface area contributed by atoms with Crippen LogP contribution in [0.1, 0.15) is 76.0 Å². The van der Waals surface area contributed by atoms with Crippen molar-refractivity contribution in [2.24, 2.45) is 0 Å². The summed E-state index contributed by atoms with van der Waals surface area (Å²) in [4.78, 5) is 0. The Balaban J connectivity index is 1.23. The third kappa shape index (κ3) is 5.18. The topological polar surface area (TPSA) is 19.1 Å². The Morgan fingerprint density at radius 1 is 0.418 bits per heavy atom. The van der Waals surface area contributed by atoms with E-state index in [1.807, 2.05) is 0 Å². The van der Waals surface area contributed by atoms with Crippen LogP contribution < -0.4 is 21.1 Å². The van der Waals surface area contributed by atoms with Crippen molar-refractivity contribution in [1.29, 1.82) is 0 Å². The zero-order valence-corrected chi connectivity index (χ0v) is 32.5. The summed E-state index contributed by atoms with van der Waals surface area (Å²) in [5.41, 5.74) is 15.2. The van der Waals surface area contributed by atoms with Gasteiger partial charge in [0.1, 0.15) is 11.5 Å². The van der Waals surface area contributed by atoms with Gasteiger partial charge in [0.25, 0.3) is 6.71 Å². The molecule has 4 heteroatoms. The van der Waals surface area contributed by atoms with Gasteiger partial charge in [-0.15, -0.1) is 0 Å². The average molecular weight is 713 g/mol. The molecule has 1 aliphatic heterocycles. The van der Waals surface area contributed by atoms with Crippen molar-refractivity contribution in [3.63, 3.8) is 0 Å². The molecule has 0 saturated carbocycles. The lowest BCUT2D eigenvalue weighted by Crippen LogP contribution is -2.57. The predicted molar refractivity (Wildman–Crippen MR) is 235 cm³/mol. The number of nitrogens with zero attached hydrogens (tertiary/aromatic N) is 2. The van der Waals surface area contributed by atoms with Crippen molar-refractivity contribution in [2.45, 2.75) is 59.3 Å². The van der Waals surface area contributed by atoms with Crippen molar-refractivity contribution in [1.82, 2.24) is 9.13 Å². The van der Waals surface area contributed by atoms with Gasteiger partial charge in [0, 0.05) is 39.0 Å². The average Bonchev–Trinajstić information content (AvgIpc) is 3.70. The Labute approximate surface area is 323 Å². The lowest BCUT2D eigenvalue weighted by molar-refractivity contribution is 0.487. The zero-order chi connectivity index (χ0) is 37.5.